The number of thiophene rings is 1. The van der Waals surface area contributed by atoms with E-state index in [0.717, 1.165) is 33.6 Å². The number of ether oxygens (including phenoxy) is 1. The van der Waals surface area contributed by atoms with Crippen molar-refractivity contribution in [3.63, 3.8) is 0 Å². The summed E-state index contributed by atoms with van der Waals surface area (Å²) in [5.41, 5.74) is 4.59. The van der Waals surface area contributed by atoms with Crippen LogP contribution in [0, 0.1) is 0 Å². The molecule has 1 heterocycles. The first-order valence-corrected chi connectivity index (χ1v) is 10.3. The molecule has 0 spiro atoms. The van der Waals surface area contributed by atoms with E-state index in [-0.39, 0.29) is 22.4 Å². The minimum Gasteiger partial charge on any atom is -0.479 e. The Kier molecular flexibility index (Phi) is 5.50. The zero-order chi connectivity index (χ0) is 20.5. The number of nitrogens with one attached hydrogen (secondary N) is 1. The van der Waals surface area contributed by atoms with Crippen LogP contribution in [0.25, 0.3) is 11.1 Å². The van der Waals surface area contributed by atoms with E-state index in [0.29, 0.717) is 4.34 Å². The van der Waals surface area contributed by atoms with Gasteiger partial charge in [-0.25, -0.2) is 9.59 Å². The van der Waals surface area contributed by atoms with E-state index >= 15 is 0 Å². The Morgan fingerprint density at radius 2 is 1.66 bits per heavy atom. The number of rotatable bonds is 5. The Morgan fingerprint density at radius 1 is 1.07 bits per heavy atom. The molecular weight excluding hydrogens is 433 g/mol. The van der Waals surface area contributed by atoms with Gasteiger partial charge in [0.05, 0.1) is 4.34 Å². The molecule has 1 aromatic heterocycles. The highest BCUT2D eigenvalue weighted by Gasteiger charge is 2.31. The number of alkyl carbamates (subject to hydrolysis) is 1. The molecule has 1 amide bonds. The van der Waals surface area contributed by atoms with Crippen LogP contribution in [0.15, 0.2) is 54.6 Å². The predicted octanol–water partition coefficient (Wildman–Crippen LogP) is 5.72. The third-order valence-electron chi connectivity index (χ3n) is 4.85. The zero-order valence-electron chi connectivity index (χ0n) is 14.9. The minimum absolute atomic E-state index is 0.0876. The van der Waals surface area contributed by atoms with Gasteiger partial charge in [0.25, 0.3) is 0 Å². The number of carbonyl (C=O) groups is 2. The van der Waals surface area contributed by atoms with E-state index < -0.39 is 18.1 Å². The quantitative estimate of drug-likeness (QED) is 0.524. The fourth-order valence-corrected chi connectivity index (χ4v) is 5.11. The lowest BCUT2D eigenvalue weighted by Gasteiger charge is -2.17. The largest absolute Gasteiger partial charge is 0.479 e. The first-order chi connectivity index (χ1) is 14.0. The van der Waals surface area contributed by atoms with Crippen LogP contribution in [-0.2, 0) is 9.53 Å². The molecular formula is C21H15Cl2NO4S. The van der Waals surface area contributed by atoms with Crippen LogP contribution in [0.3, 0.4) is 0 Å². The van der Waals surface area contributed by atoms with E-state index in [9.17, 15) is 14.7 Å². The molecule has 1 aliphatic carbocycles. The summed E-state index contributed by atoms with van der Waals surface area (Å²) in [4.78, 5) is 24.0. The third-order valence-corrected chi connectivity index (χ3v) is 6.36. The van der Waals surface area contributed by atoms with Crippen LogP contribution >= 0.6 is 34.5 Å². The number of aliphatic carboxylic acids is 1. The second-order valence-corrected chi connectivity index (χ2v) is 8.81. The Morgan fingerprint density at radius 3 is 2.17 bits per heavy atom. The van der Waals surface area contributed by atoms with Gasteiger partial charge in [-0.3, -0.25) is 0 Å². The number of amides is 1. The van der Waals surface area contributed by atoms with E-state index in [4.69, 9.17) is 27.9 Å². The first-order valence-electron chi connectivity index (χ1n) is 8.74. The molecule has 1 atom stereocenters. The number of hydrogen-bond acceptors (Lipinski definition) is 4. The standard InChI is InChI=1S/C21H15Cl2NO4S/c22-17-9-15(19(23)29-17)18(20(25)26)24-21(27)28-10-16-13-7-3-1-5-11(13)12-6-2-4-8-14(12)16/h1-9,16,18H,10H2,(H,24,27)(H,25,26). The van der Waals surface area contributed by atoms with Gasteiger partial charge in [-0.1, -0.05) is 71.7 Å². The molecule has 2 aromatic carbocycles. The highest BCUT2D eigenvalue weighted by Crippen LogP contribution is 2.44. The smallest absolute Gasteiger partial charge is 0.408 e. The van der Waals surface area contributed by atoms with E-state index in [1.807, 2.05) is 48.5 Å². The lowest BCUT2D eigenvalue weighted by molar-refractivity contribution is -0.139. The Labute approximate surface area is 180 Å². The van der Waals surface area contributed by atoms with Gasteiger partial charge in [-0.2, -0.15) is 0 Å². The van der Waals surface area contributed by atoms with Crippen molar-refractivity contribution in [1.29, 1.82) is 0 Å². The molecule has 0 aliphatic heterocycles. The van der Waals surface area contributed by atoms with Gasteiger partial charge in [-0.15, -0.1) is 11.3 Å². The van der Waals surface area contributed by atoms with Crippen LogP contribution < -0.4 is 5.32 Å². The molecule has 5 nitrogen and oxygen atoms in total. The summed E-state index contributed by atoms with van der Waals surface area (Å²) in [5, 5.41) is 11.8. The van der Waals surface area contributed by atoms with Crippen molar-refractivity contribution in [2.45, 2.75) is 12.0 Å². The number of carboxylic acids is 1. The summed E-state index contributed by atoms with van der Waals surface area (Å²) in [6.45, 7) is 0.0876. The highest BCUT2D eigenvalue weighted by atomic mass is 35.5. The average molecular weight is 448 g/mol. The Balaban J connectivity index is 1.50. The van der Waals surface area contributed by atoms with E-state index in [2.05, 4.69) is 5.32 Å². The third kappa shape index (κ3) is 3.83. The maximum absolute atomic E-state index is 12.4. The second-order valence-electron chi connectivity index (χ2n) is 6.52. The molecule has 0 radical (unpaired) electrons. The van der Waals surface area contributed by atoms with Crippen LogP contribution in [0.4, 0.5) is 4.79 Å². The van der Waals surface area contributed by atoms with Crippen molar-refractivity contribution in [1.82, 2.24) is 5.32 Å². The van der Waals surface area contributed by atoms with Crippen molar-refractivity contribution < 1.29 is 19.4 Å². The molecule has 2 N–H and O–H groups in total. The summed E-state index contributed by atoms with van der Waals surface area (Å²) in [6.07, 6.45) is -0.836. The van der Waals surface area contributed by atoms with Gasteiger partial charge in [0.15, 0.2) is 6.04 Å². The molecule has 1 unspecified atom stereocenters. The fourth-order valence-electron chi connectivity index (χ4n) is 3.58. The molecule has 3 aromatic rings. The molecule has 8 heteroatoms. The van der Waals surface area contributed by atoms with Crippen molar-refractivity contribution in [2.75, 3.05) is 6.61 Å². The topological polar surface area (TPSA) is 75.6 Å². The number of hydrogen-bond donors (Lipinski definition) is 2. The van der Waals surface area contributed by atoms with Gasteiger partial charge in [-0.05, 0) is 28.3 Å². The van der Waals surface area contributed by atoms with Crippen molar-refractivity contribution in [3.8, 4) is 11.1 Å². The van der Waals surface area contributed by atoms with Crippen molar-refractivity contribution in [3.05, 3.63) is 80.0 Å². The normalized spacial score (nSPS) is 13.4. The SMILES string of the molecule is O=C(NC(C(=O)O)c1cc(Cl)sc1Cl)OCC1c2ccccc2-c2ccccc21. The second kappa shape index (κ2) is 8.06. The molecule has 148 valence electrons. The van der Waals surface area contributed by atoms with E-state index in [1.54, 1.807) is 0 Å². The summed E-state index contributed by atoms with van der Waals surface area (Å²) in [5.74, 6) is -1.37. The lowest BCUT2D eigenvalue weighted by Crippen LogP contribution is -2.34. The van der Waals surface area contributed by atoms with Crippen molar-refractivity contribution >= 4 is 46.6 Å². The van der Waals surface area contributed by atoms with Gasteiger partial charge < -0.3 is 15.2 Å². The van der Waals surface area contributed by atoms with Crippen LogP contribution in [0.2, 0.25) is 8.67 Å². The summed E-state index contributed by atoms with van der Waals surface area (Å²) in [7, 11) is 0. The van der Waals surface area contributed by atoms with E-state index in [1.165, 1.54) is 6.07 Å². The molecule has 0 saturated carbocycles. The molecule has 4 rings (SSSR count). The molecule has 0 saturated heterocycles. The first kappa shape index (κ1) is 19.8. The maximum Gasteiger partial charge on any atom is 0.408 e. The van der Waals surface area contributed by atoms with Crippen LogP contribution in [0.5, 0.6) is 0 Å². The molecule has 29 heavy (non-hydrogen) atoms. The lowest BCUT2D eigenvalue weighted by atomic mass is 9.98. The van der Waals surface area contributed by atoms with Gasteiger partial charge in [0.2, 0.25) is 0 Å². The van der Waals surface area contributed by atoms with Crippen LogP contribution in [-0.4, -0.2) is 23.8 Å². The summed E-state index contributed by atoms with van der Waals surface area (Å²) >= 11 is 13.0. The molecule has 0 fully saturated rings. The van der Waals surface area contributed by atoms with Gasteiger partial charge in [0.1, 0.15) is 10.9 Å². The predicted molar refractivity (Wildman–Crippen MR) is 113 cm³/mol. The fraction of sp³-hybridized carbons (Fsp3) is 0.143. The number of benzene rings is 2. The minimum atomic E-state index is -1.35. The number of carbonyl (C=O) groups excluding carboxylic acids is 1. The summed E-state index contributed by atoms with van der Waals surface area (Å²) < 4.78 is 5.95. The summed E-state index contributed by atoms with van der Waals surface area (Å²) in [6, 6.07) is 16.0. The number of halogens is 2. The average Bonchev–Trinajstić information content (AvgIpc) is 3.20. The highest BCUT2D eigenvalue weighted by molar-refractivity contribution is 7.20. The van der Waals surface area contributed by atoms with Gasteiger partial charge in [0, 0.05) is 11.5 Å². The maximum atomic E-state index is 12.4. The number of fused-ring (bicyclic) bond motifs is 3. The molecule has 0 bridgehead atoms. The Hall–Kier alpha value is -2.54. The van der Waals surface area contributed by atoms with Gasteiger partial charge >= 0.3 is 12.1 Å². The number of carboxylic acid groups (broad SMARTS) is 1. The Bertz CT molecular complexity index is 1050. The monoisotopic (exact) mass is 447 g/mol. The molecule has 1 aliphatic rings. The zero-order valence-corrected chi connectivity index (χ0v) is 17.2. The van der Waals surface area contributed by atoms with Crippen molar-refractivity contribution in [2.24, 2.45) is 0 Å². The van der Waals surface area contributed by atoms with Crippen LogP contribution in [0.1, 0.15) is 28.7 Å².